The van der Waals surface area contributed by atoms with Crippen molar-refractivity contribution in [1.29, 1.82) is 0 Å². The fourth-order valence-electron chi connectivity index (χ4n) is 8.03. The summed E-state index contributed by atoms with van der Waals surface area (Å²) in [5.74, 6) is 0.458. The summed E-state index contributed by atoms with van der Waals surface area (Å²) in [4.78, 5) is 15.9. The molecule has 51 heavy (non-hydrogen) atoms. The lowest BCUT2D eigenvalue weighted by molar-refractivity contribution is -0.0442. The van der Waals surface area contributed by atoms with E-state index in [2.05, 4.69) is 33.9 Å². The van der Waals surface area contributed by atoms with Crippen LogP contribution in [0.15, 0.2) is 48.6 Å². The lowest BCUT2D eigenvalue weighted by Gasteiger charge is -2.46. The van der Waals surface area contributed by atoms with Crippen LogP contribution >= 0.6 is 11.6 Å². The van der Waals surface area contributed by atoms with Crippen LogP contribution in [0.4, 0.5) is 5.69 Å². The number of benzene rings is 2. The van der Waals surface area contributed by atoms with Gasteiger partial charge < -0.3 is 28.6 Å². The monoisotopic (exact) mass is 744 g/mol. The quantitative estimate of drug-likeness (QED) is 0.233. The Hall–Kier alpha value is -2.67. The molecule has 2 bridgehead atoms. The highest BCUT2D eigenvalue weighted by Crippen LogP contribution is 2.47. The van der Waals surface area contributed by atoms with Crippen molar-refractivity contribution < 1.29 is 36.9 Å². The van der Waals surface area contributed by atoms with Gasteiger partial charge in [-0.25, -0.2) is 13.1 Å². The Morgan fingerprint density at radius 3 is 2.57 bits per heavy atom. The molecule has 6 rings (SSSR count). The molecule has 1 saturated carbocycles. The van der Waals surface area contributed by atoms with Gasteiger partial charge >= 0.3 is 0 Å². The Morgan fingerprint density at radius 1 is 1.02 bits per heavy atom. The molecule has 2 aromatic carbocycles. The maximum atomic E-state index is 13.5. The van der Waals surface area contributed by atoms with Crippen LogP contribution in [0, 0.1) is 17.8 Å². The van der Waals surface area contributed by atoms with Crippen LogP contribution in [-0.4, -0.2) is 92.1 Å². The van der Waals surface area contributed by atoms with Gasteiger partial charge in [0.25, 0.3) is 5.91 Å². The number of halogens is 1. The molecule has 6 atom stereocenters. The van der Waals surface area contributed by atoms with Crippen molar-refractivity contribution in [3.05, 3.63) is 70.3 Å². The van der Waals surface area contributed by atoms with E-state index in [1.54, 1.807) is 20.1 Å². The Labute approximate surface area is 308 Å². The third-order valence-electron chi connectivity index (χ3n) is 11.4. The third kappa shape index (κ3) is 8.93. The van der Waals surface area contributed by atoms with Gasteiger partial charge in [0.2, 0.25) is 10.0 Å². The highest BCUT2D eigenvalue weighted by molar-refractivity contribution is 7.90. The molecule has 10 nitrogen and oxygen atoms in total. The number of anilines is 1. The second-order valence-corrected chi connectivity index (χ2v) is 17.1. The van der Waals surface area contributed by atoms with Crippen molar-refractivity contribution in [3.63, 3.8) is 0 Å². The Kier molecular flexibility index (Phi) is 12.7. The van der Waals surface area contributed by atoms with Gasteiger partial charge in [0.1, 0.15) is 5.75 Å². The van der Waals surface area contributed by atoms with E-state index in [-0.39, 0.29) is 23.4 Å². The van der Waals surface area contributed by atoms with Crippen molar-refractivity contribution in [2.24, 2.45) is 17.8 Å². The van der Waals surface area contributed by atoms with E-state index in [9.17, 15) is 13.2 Å². The first-order chi connectivity index (χ1) is 24.6. The van der Waals surface area contributed by atoms with Crippen LogP contribution in [0.25, 0.3) is 0 Å². The van der Waals surface area contributed by atoms with Gasteiger partial charge in [0, 0.05) is 36.2 Å². The van der Waals surface area contributed by atoms with Crippen molar-refractivity contribution in [1.82, 2.24) is 4.72 Å². The number of hydrogen-bond acceptors (Lipinski definition) is 9. The fraction of sp³-hybridized carbons (Fsp3) is 0.615. The van der Waals surface area contributed by atoms with Crippen LogP contribution in [0.5, 0.6) is 5.75 Å². The second-order valence-electron chi connectivity index (χ2n) is 14.7. The number of ether oxygens (including phenoxy) is 5. The van der Waals surface area contributed by atoms with Gasteiger partial charge in [-0.2, -0.15) is 0 Å². The van der Waals surface area contributed by atoms with E-state index in [1.165, 1.54) is 11.1 Å². The summed E-state index contributed by atoms with van der Waals surface area (Å²) in [6.45, 7) is 8.48. The van der Waals surface area contributed by atoms with E-state index >= 15 is 0 Å². The zero-order valence-corrected chi connectivity index (χ0v) is 31.7. The topological polar surface area (TPSA) is 113 Å². The number of aryl methyl sites for hydroxylation is 1. The van der Waals surface area contributed by atoms with Crippen molar-refractivity contribution in [2.75, 3.05) is 71.3 Å². The molecule has 2 aliphatic carbocycles. The molecule has 0 unspecified atom stereocenters. The van der Waals surface area contributed by atoms with E-state index in [0.29, 0.717) is 76.4 Å². The van der Waals surface area contributed by atoms with Crippen molar-refractivity contribution in [2.45, 2.75) is 69.1 Å². The van der Waals surface area contributed by atoms with Gasteiger partial charge in [-0.3, -0.25) is 4.79 Å². The minimum atomic E-state index is -3.94. The Balaban J connectivity index is 1.29. The minimum absolute atomic E-state index is 0.141. The van der Waals surface area contributed by atoms with Gasteiger partial charge in [-0.15, -0.1) is 0 Å². The predicted octanol–water partition coefficient (Wildman–Crippen LogP) is 5.95. The highest BCUT2D eigenvalue weighted by Gasteiger charge is 2.44. The number of hydrogen-bond donors (Lipinski definition) is 1. The van der Waals surface area contributed by atoms with Crippen LogP contribution < -0.4 is 14.4 Å². The molecule has 2 heterocycles. The zero-order chi connectivity index (χ0) is 36.0. The van der Waals surface area contributed by atoms with E-state index in [4.69, 9.17) is 35.3 Å². The summed E-state index contributed by atoms with van der Waals surface area (Å²) in [7, 11) is -2.30. The van der Waals surface area contributed by atoms with Crippen LogP contribution in [0.1, 0.15) is 67.4 Å². The summed E-state index contributed by atoms with van der Waals surface area (Å²) >= 11 is 6.46. The number of nitrogens with one attached hydrogen (secondary N) is 1. The maximum absolute atomic E-state index is 13.5. The zero-order valence-electron chi connectivity index (χ0n) is 30.1. The third-order valence-corrected chi connectivity index (χ3v) is 13.5. The second kappa shape index (κ2) is 17.0. The Morgan fingerprint density at radius 2 is 1.80 bits per heavy atom. The number of carbonyl (C=O) groups excluding carboxylic acids is 1. The Bertz CT molecular complexity index is 1650. The average Bonchev–Trinajstić information content (AvgIpc) is 3.24. The molecule has 12 heteroatoms. The maximum Gasteiger partial charge on any atom is 0.264 e. The average molecular weight is 745 g/mol. The molecule has 280 valence electrons. The SMILES string of the molecule is COCCOCCOCCO[C@H]1/C=C/C[C@H](C)[C@@H](C)S(=O)(=O)NC(=O)c2ccc3c(c2)N(C[C@@H]2CC[C@H]21)C[C@@]1(CCCc2cc(Cl)ccc21)CO3. The molecule has 0 aromatic heterocycles. The first kappa shape index (κ1) is 38.1. The van der Waals surface area contributed by atoms with Crippen LogP contribution in [0.3, 0.4) is 0 Å². The number of carbonyl (C=O) groups is 1. The predicted molar refractivity (Wildman–Crippen MR) is 198 cm³/mol. The number of rotatable bonds is 10. The minimum Gasteiger partial charge on any atom is -0.490 e. The summed E-state index contributed by atoms with van der Waals surface area (Å²) in [5.41, 5.74) is 3.36. The molecular formula is C39H53ClN2O8S. The first-order valence-electron chi connectivity index (χ1n) is 18.4. The van der Waals surface area contributed by atoms with Crippen molar-refractivity contribution in [3.8, 4) is 5.75 Å². The fourth-order valence-corrected chi connectivity index (χ4v) is 9.51. The smallest absolute Gasteiger partial charge is 0.264 e. The summed E-state index contributed by atoms with van der Waals surface area (Å²) < 4.78 is 58.7. The molecule has 1 N–H and O–H groups in total. The van der Waals surface area contributed by atoms with Crippen LogP contribution in [0.2, 0.25) is 5.02 Å². The standard InChI is InChI=1S/C39H53ClN2O8S/c1-27-6-4-8-36(49-21-20-48-19-18-47-17-16-46-3)33-12-9-31(33)24-42-25-39(15-5-7-29-22-32(40)11-13-34(29)39)26-50-37-14-10-30(23-35(37)42)38(43)41-51(44,45)28(27)2/h4,8,10-11,13-14,22-23,27-28,31,33,36H,5-7,9,12,15-21,24-26H2,1-3H3,(H,41,43)/b8-4+/t27-,28+,31-,33+,36-,39-/m0/s1. The number of amides is 1. The molecule has 2 aromatic rings. The van der Waals surface area contributed by atoms with Gasteiger partial charge in [0.05, 0.1) is 63.3 Å². The molecule has 2 aliphatic heterocycles. The molecule has 4 aliphatic rings. The number of fused-ring (bicyclic) bond motifs is 4. The number of sulfonamides is 1. The highest BCUT2D eigenvalue weighted by atomic mass is 35.5. The molecule has 1 spiro atoms. The summed E-state index contributed by atoms with van der Waals surface area (Å²) in [5, 5.41) is -0.0464. The largest absolute Gasteiger partial charge is 0.490 e. The first-order valence-corrected chi connectivity index (χ1v) is 20.3. The summed E-state index contributed by atoms with van der Waals surface area (Å²) in [6.07, 6.45) is 9.62. The van der Waals surface area contributed by atoms with E-state index in [1.807, 2.05) is 25.1 Å². The molecular weight excluding hydrogens is 692 g/mol. The molecule has 1 fully saturated rings. The van der Waals surface area contributed by atoms with E-state index in [0.717, 1.165) is 49.4 Å². The summed E-state index contributed by atoms with van der Waals surface area (Å²) in [6, 6.07) is 11.5. The van der Waals surface area contributed by atoms with Gasteiger partial charge in [0.15, 0.2) is 0 Å². The molecule has 0 radical (unpaired) electrons. The molecule has 0 saturated heterocycles. The number of nitrogens with zero attached hydrogens (tertiary/aromatic N) is 1. The van der Waals surface area contributed by atoms with Crippen LogP contribution in [-0.2, 0) is 40.8 Å². The number of allylic oxidation sites excluding steroid dienone is 1. The lowest BCUT2D eigenvalue weighted by Crippen LogP contribution is -2.49. The lowest BCUT2D eigenvalue weighted by atomic mass is 9.68. The number of methoxy groups -OCH3 is 1. The van der Waals surface area contributed by atoms with Gasteiger partial charge in [-0.1, -0.05) is 36.7 Å². The molecule has 1 amide bonds. The van der Waals surface area contributed by atoms with E-state index < -0.39 is 21.2 Å². The normalized spacial score (nSPS) is 29.5. The van der Waals surface area contributed by atoms with Gasteiger partial charge in [-0.05, 0) is 105 Å². The van der Waals surface area contributed by atoms with Crippen molar-refractivity contribution >= 4 is 33.2 Å².